The summed E-state index contributed by atoms with van der Waals surface area (Å²) in [5.41, 5.74) is 4.37. The molecule has 2 aromatic heterocycles. The quantitative estimate of drug-likeness (QED) is 0.451. The molecule has 0 aliphatic rings. The highest BCUT2D eigenvalue weighted by molar-refractivity contribution is 8.00. The highest BCUT2D eigenvalue weighted by atomic mass is 35.5. The summed E-state index contributed by atoms with van der Waals surface area (Å²) >= 11 is 14.1. The largest absolute Gasteiger partial charge is 0.437 e. The Labute approximate surface area is 174 Å². The van der Waals surface area contributed by atoms with Crippen LogP contribution in [-0.4, -0.2) is 14.7 Å². The predicted molar refractivity (Wildman–Crippen MR) is 115 cm³/mol. The summed E-state index contributed by atoms with van der Waals surface area (Å²) in [5, 5.41) is 5.43. The van der Waals surface area contributed by atoms with E-state index in [1.54, 1.807) is 23.9 Å². The van der Waals surface area contributed by atoms with Gasteiger partial charge in [-0.3, -0.25) is 0 Å². The SMILES string of the molecule is CCc1cc(NCc2nc3c(Cl)ccc(Cl)c3o2)c(SC(C)(C)C)nc1C. The molecule has 7 heteroatoms. The molecule has 3 rings (SSSR count). The highest BCUT2D eigenvalue weighted by Gasteiger charge is 2.19. The van der Waals surface area contributed by atoms with Crippen LogP contribution in [0.2, 0.25) is 10.0 Å². The fourth-order valence-electron chi connectivity index (χ4n) is 2.71. The van der Waals surface area contributed by atoms with Crippen LogP contribution >= 0.6 is 35.0 Å². The van der Waals surface area contributed by atoms with Crippen LogP contribution in [0.4, 0.5) is 5.69 Å². The van der Waals surface area contributed by atoms with Gasteiger partial charge in [0.1, 0.15) is 10.5 Å². The lowest BCUT2D eigenvalue weighted by Gasteiger charge is -2.20. The minimum Gasteiger partial charge on any atom is -0.437 e. The average molecular weight is 424 g/mol. The summed E-state index contributed by atoms with van der Waals surface area (Å²) in [4.78, 5) is 9.30. The molecule has 144 valence electrons. The van der Waals surface area contributed by atoms with E-state index in [1.165, 1.54) is 5.56 Å². The van der Waals surface area contributed by atoms with Gasteiger partial charge in [-0.1, -0.05) is 62.7 Å². The summed E-state index contributed by atoms with van der Waals surface area (Å²) in [6.45, 7) is 11.1. The second-order valence-electron chi connectivity index (χ2n) is 7.32. The topological polar surface area (TPSA) is 51.0 Å². The van der Waals surface area contributed by atoms with Gasteiger partial charge in [0.25, 0.3) is 0 Å². The van der Waals surface area contributed by atoms with E-state index in [2.05, 4.69) is 51.0 Å². The molecule has 4 nitrogen and oxygen atoms in total. The second kappa shape index (κ2) is 7.90. The fraction of sp³-hybridized carbons (Fsp3) is 0.400. The van der Waals surface area contributed by atoms with Gasteiger partial charge in [-0.2, -0.15) is 0 Å². The Balaban J connectivity index is 1.90. The number of hydrogen-bond acceptors (Lipinski definition) is 5. The molecule has 27 heavy (non-hydrogen) atoms. The maximum absolute atomic E-state index is 6.20. The maximum Gasteiger partial charge on any atom is 0.214 e. The summed E-state index contributed by atoms with van der Waals surface area (Å²) in [7, 11) is 0. The van der Waals surface area contributed by atoms with Gasteiger partial charge in [-0.05, 0) is 37.1 Å². The van der Waals surface area contributed by atoms with Gasteiger partial charge in [0.05, 0.1) is 22.3 Å². The molecule has 0 spiro atoms. The van der Waals surface area contributed by atoms with Crippen molar-refractivity contribution < 1.29 is 4.42 Å². The lowest BCUT2D eigenvalue weighted by molar-refractivity contribution is 0.540. The van der Waals surface area contributed by atoms with E-state index in [4.69, 9.17) is 32.6 Å². The number of thioether (sulfide) groups is 1. The van der Waals surface area contributed by atoms with Crippen LogP contribution in [0.5, 0.6) is 0 Å². The maximum atomic E-state index is 6.20. The number of nitrogens with one attached hydrogen (secondary N) is 1. The third-order valence-corrected chi connectivity index (χ3v) is 5.71. The van der Waals surface area contributed by atoms with Crippen LogP contribution in [0, 0.1) is 6.92 Å². The molecule has 0 fully saturated rings. The Morgan fingerprint density at radius 3 is 2.48 bits per heavy atom. The van der Waals surface area contributed by atoms with Gasteiger partial charge in [-0.25, -0.2) is 9.97 Å². The number of nitrogens with zero attached hydrogens (tertiary/aromatic N) is 2. The van der Waals surface area contributed by atoms with Crippen LogP contribution in [0.1, 0.15) is 44.8 Å². The number of pyridine rings is 1. The van der Waals surface area contributed by atoms with Crippen LogP contribution in [0.25, 0.3) is 11.1 Å². The molecule has 0 aliphatic heterocycles. The molecule has 0 aliphatic carbocycles. The smallest absolute Gasteiger partial charge is 0.214 e. The Hall–Kier alpha value is -1.43. The van der Waals surface area contributed by atoms with Gasteiger partial charge in [-0.15, -0.1) is 0 Å². The number of rotatable bonds is 5. The minimum atomic E-state index is 0.0578. The lowest BCUT2D eigenvalue weighted by atomic mass is 10.1. The Morgan fingerprint density at radius 2 is 1.85 bits per heavy atom. The molecule has 3 aromatic rings. The number of aryl methyl sites for hydroxylation is 2. The standard InChI is InChI=1S/C20H23Cl2N3OS/c1-6-12-9-15(19(24-11(12)2)27-20(3,4)5)23-10-16-25-17-13(21)7-8-14(22)18(17)26-16/h7-9,23H,6,10H2,1-5H3. The normalized spacial score (nSPS) is 12.0. The van der Waals surface area contributed by atoms with Crippen LogP contribution in [0.15, 0.2) is 27.6 Å². The van der Waals surface area contributed by atoms with Gasteiger partial charge in [0, 0.05) is 10.4 Å². The van der Waals surface area contributed by atoms with E-state index in [0.717, 1.165) is 22.8 Å². The monoisotopic (exact) mass is 423 g/mol. The Morgan fingerprint density at radius 1 is 1.15 bits per heavy atom. The van der Waals surface area contributed by atoms with Crippen LogP contribution in [0.3, 0.4) is 0 Å². The van der Waals surface area contributed by atoms with Crippen molar-refractivity contribution in [1.29, 1.82) is 0 Å². The zero-order valence-corrected chi connectivity index (χ0v) is 18.4. The summed E-state index contributed by atoms with van der Waals surface area (Å²) in [5.74, 6) is 0.533. The van der Waals surface area contributed by atoms with Gasteiger partial charge in [0.15, 0.2) is 5.58 Å². The van der Waals surface area contributed by atoms with E-state index < -0.39 is 0 Å². The summed E-state index contributed by atoms with van der Waals surface area (Å²) in [6.07, 6.45) is 0.933. The van der Waals surface area contributed by atoms with Crippen molar-refractivity contribution in [3.8, 4) is 0 Å². The van der Waals surface area contributed by atoms with Gasteiger partial charge in [0.2, 0.25) is 5.89 Å². The van der Waals surface area contributed by atoms with Gasteiger partial charge >= 0.3 is 0 Å². The predicted octanol–water partition coefficient (Wildman–Crippen LogP) is 6.90. The third kappa shape index (κ3) is 4.71. The van der Waals surface area contributed by atoms with Crippen molar-refractivity contribution in [3.63, 3.8) is 0 Å². The van der Waals surface area contributed by atoms with Crippen molar-refractivity contribution in [1.82, 2.24) is 9.97 Å². The zero-order valence-electron chi connectivity index (χ0n) is 16.1. The first kappa shape index (κ1) is 20.3. The molecule has 0 unspecified atom stereocenters. The van der Waals surface area contributed by atoms with Crippen molar-refractivity contribution in [3.05, 3.63) is 45.4 Å². The number of aromatic nitrogens is 2. The molecule has 0 amide bonds. The van der Waals surface area contributed by atoms with E-state index in [1.807, 2.05) is 0 Å². The lowest BCUT2D eigenvalue weighted by Crippen LogP contribution is -2.11. The second-order valence-corrected chi connectivity index (χ2v) is 9.95. The minimum absolute atomic E-state index is 0.0578. The van der Waals surface area contributed by atoms with Crippen molar-refractivity contribution >= 4 is 51.8 Å². The molecular formula is C20H23Cl2N3OS. The van der Waals surface area contributed by atoms with Crippen molar-refractivity contribution in [2.75, 3.05) is 5.32 Å². The van der Waals surface area contributed by atoms with Crippen molar-refractivity contribution in [2.24, 2.45) is 0 Å². The first-order valence-corrected chi connectivity index (χ1v) is 10.4. The third-order valence-electron chi connectivity index (χ3n) is 3.99. The Bertz CT molecular complexity index is 940. The van der Waals surface area contributed by atoms with Crippen molar-refractivity contribution in [2.45, 2.75) is 57.4 Å². The molecule has 0 saturated heterocycles. The van der Waals surface area contributed by atoms with E-state index in [0.29, 0.717) is 33.6 Å². The molecule has 1 aromatic carbocycles. The molecule has 0 bridgehead atoms. The van der Waals surface area contributed by atoms with E-state index in [9.17, 15) is 0 Å². The number of halogens is 2. The number of hydrogen-bond donors (Lipinski definition) is 1. The molecule has 0 radical (unpaired) electrons. The van der Waals surface area contributed by atoms with Gasteiger partial charge < -0.3 is 9.73 Å². The fourth-order valence-corrected chi connectivity index (χ4v) is 4.10. The molecule has 1 N–H and O–H groups in total. The molecule has 2 heterocycles. The molecule has 0 saturated carbocycles. The molecule has 0 atom stereocenters. The number of oxazole rings is 1. The van der Waals surface area contributed by atoms with E-state index in [-0.39, 0.29) is 4.75 Å². The molecular weight excluding hydrogens is 401 g/mol. The van der Waals surface area contributed by atoms with E-state index >= 15 is 0 Å². The average Bonchev–Trinajstić information content (AvgIpc) is 3.02. The first-order chi connectivity index (χ1) is 12.7. The number of benzene rings is 1. The highest BCUT2D eigenvalue weighted by Crippen LogP contribution is 2.37. The van der Waals surface area contributed by atoms with Crippen LogP contribution in [-0.2, 0) is 13.0 Å². The van der Waals surface area contributed by atoms with Crippen LogP contribution < -0.4 is 5.32 Å². The number of anilines is 1. The summed E-state index contributed by atoms with van der Waals surface area (Å²) in [6, 6.07) is 5.60. The summed E-state index contributed by atoms with van der Waals surface area (Å²) < 4.78 is 5.86. The Kier molecular flexibility index (Phi) is 5.94. The zero-order chi connectivity index (χ0) is 19.8. The first-order valence-electron chi connectivity index (χ1n) is 8.84. The number of fused-ring (bicyclic) bond motifs is 1.